The summed E-state index contributed by atoms with van der Waals surface area (Å²) in [4.78, 5) is 26.7. The molecule has 0 unspecified atom stereocenters. The maximum atomic E-state index is 11.6. The zero-order valence-corrected chi connectivity index (χ0v) is 8.72. The molecule has 0 atom stereocenters. The molecule has 2 rings (SSSR count). The molecule has 0 spiro atoms. The molecule has 80 valence electrons. The summed E-state index contributed by atoms with van der Waals surface area (Å²) >= 11 is 5.61. The van der Waals surface area contributed by atoms with Gasteiger partial charge in [0.25, 0.3) is 5.91 Å². The van der Waals surface area contributed by atoms with E-state index in [0.29, 0.717) is 5.69 Å². The number of halogens is 1. The molecule has 0 saturated carbocycles. The van der Waals surface area contributed by atoms with Crippen LogP contribution in [0.2, 0.25) is 5.15 Å². The first-order valence-corrected chi connectivity index (χ1v) is 4.67. The molecule has 0 aromatic carbocycles. The number of anilines is 1. The average molecular weight is 236 g/mol. The predicted molar refractivity (Wildman–Crippen MR) is 57.0 cm³/mol. The second-order valence-electron chi connectivity index (χ2n) is 2.81. The van der Waals surface area contributed by atoms with Gasteiger partial charge in [-0.2, -0.15) is 0 Å². The van der Waals surface area contributed by atoms with Crippen molar-refractivity contribution in [3.63, 3.8) is 0 Å². The summed E-state index contributed by atoms with van der Waals surface area (Å²) in [5, 5.41) is 2.72. The van der Waals surface area contributed by atoms with Crippen LogP contribution in [-0.4, -0.2) is 25.8 Å². The zero-order chi connectivity index (χ0) is 11.4. The van der Waals surface area contributed by atoms with Gasteiger partial charge >= 0.3 is 0 Å². The fourth-order valence-electron chi connectivity index (χ4n) is 1.01. The lowest BCUT2D eigenvalue weighted by Gasteiger charge is -2.02. The zero-order valence-electron chi connectivity index (χ0n) is 7.96. The molecule has 2 heterocycles. The Balaban J connectivity index is 2.15. The average Bonchev–Trinajstić information content (AvgIpc) is 2.30. The van der Waals surface area contributed by atoms with Crippen molar-refractivity contribution >= 4 is 23.2 Å². The molecule has 0 aliphatic heterocycles. The number of hydrogen-bond donors (Lipinski definition) is 1. The Morgan fingerprint density at radius 1 is 1.12 bits per heavy atom. The van der Waals surface area contributed by atoms with Crippen LogP contribution >= 0.6 is 11.6 Å². The van der Waals surface area contributed by atoms with E-state index in [-0.39, 0.29) is 10.8 Å². The highest BCUT2D eigenvalue weighted by Gasteiger charge is 2.08. The number of carbonyl (C=O) groups excluding carboxylic acids is 1. The van der Waals surface area contributed by atoms with Gasteiger partial charge in [-0.3, -0.25) is 9.78 Å². The number of aromatic nitrogens is 4. The van der Waals surface area contributed by atoms with E-state index >= 15 is 0 Å². The molecule has 0 radical (unpaired) electrons. The molecule has 0 fully saturated rings. The monoisotopic (exact) mass is 235 g/mol. The summed E-state index contributed by atoms with van der Waals surface area (Å²) < 4.78 is 0. The first-order valence-electron chi connectivity index (χ1n) is 4.29. The number of amides is 1. The van der Waals surface area contributed by atoms with Gasteiger partial charge in [-0.25, -0.2) is 15.0 Å². The fraction of sp³-hybridized carbons (Fsp3) is 0. The number of nitrogens with one attached hydrogen (secondary N) is 1. The topological polar surface area (TPSA) is 80.7 Å². The van der Waals surface area contributed by atoms with Crippen LogP contribution in [0, 0.1) is 0 Å². The molecule has 1 amide bonds. The normalized spacial score (nSPS) is 9.81. The van der Waals surface area contributed by atoms with Crippen molar-refractivity contribution < 1.29 is 4.79 Å². The van der Waals surface area contributed by atoms with Crippen LogP contribution < -0.4 is 5.32 Å². The van der Waals surface area contributed by atoms with Gasteiger partial charge in [-0.15, -0.1) is 0 Å². The fourth-order valence-corrected chi connectivity index (χ4v) is 1.16. The molecule has 0 bridgehead atoms. The van der Waals surface area contributed by atoms with Crippen molar-refractivity contribution in [2.45, 2.75) is 0 Å². The molecule has 7 heteroatoms. The minimum absolute atomic E-state index is 0.136. The highest BCUT2D eigenvalue weighted by atomic mass is 35.5. The van der Waals surface area contributed by atoms with Gasteiger partial charge in [0.2, 0.25) is 0 Å². The predicted octanol–water partition coefficient (Wildman–Crippen LogP) is 1.17. The Hall–Kier alpha value is -2.08. The van der Waals surface area contributed by atoms with E-state index in [1.165, 1.54) is 31.1 Å². The lowest BCUT2D eigenvalue weighted by molar-refractivity contribution is 0.102. The Labute approximate surface area is 95.7 Å². The molecule has 0 aliphatic rings. The Kier molecular flexibility index (Phi) is 3.02. The molecule has 0 saturated heterocycles. The smallest absolute Gasteiger partial charge is 0.276 e. The number of rotatable bonds is 2. The summed E-state index contributed by atoms with van der Waals surface area (Å²) in [5.41, 5.74) is 0.616. The molecule has 1 N–H and O–H groups in total. The Morgan fingerprint density at radius 2 is 1.88 bits per heavy atom. The number of hydrogen-bond acceptors (Lipinski definition) is 5. The van der Waals surface area contributed by atoms with E-state index < -0.39 is 5.91 Å². The highest BCUT2D eigenvalue weighted by molar-refractivity contribution is 6.29. The third-order valence-electron chi connectivity index (χ3n) is 1.66. The summed E-state index contributed by atoms with van der Waals surface area (Å²) in [6.45, 7) is 0. The summed E-state index contributed by atoms with van der Waals surface area (Å²) in [6, 6.07) is 0. The van der Waals surface area contributed by atoms with Gasteiger partial charge in [-0.05, 0) is 0 Å². The van der Waals surface area contributed by atoms with Gasteiger partial charge in [0.15, 0.2) is 0 Å². The summed E-state index contributed by atoms with van der Waals surface area (Å²) in [6.07, 6.45) is 7.00. The molecular formula is C9H6ClN5O. The van der Waals surface area contributed by atoms with Crippen LogP contribution in [0.15, 0.2) is 31.1 Å². The van der Waals surface area contributed by atoms with Gasteiger partial charge in [0.05, 0.1) is 30.5 Å². The van der Waals surface area contributed by atoms with Crippen LogP contribution in [0.5, 0.6) is 0 Å². The van der Waals surface area contributed by atoms with E-state index in [1.54, 1.807) is 0 Å². The van der Waals surface area contributed by atoms with Crippen molar-refractivity contribution in [3.8, 4) is 0 Å². The van der Waals surface area contributed by atoms with Crippen molar-refractivity contribution in [2.75, 3.05) is 5.32 Å². The lowest BCUT2D eigenvalue weighted by Crippen LogP contribution is -2.14. The Bertz CT molecular complexity index is 504. The maximum absolute atomic E-state index is 11.6. The van der Waals surface area contributed by atoms with Crippen molar-refractivity contribution in [3.05, 3.63) is 42.0 Å². The van der Waals surface area contributed by atoms with E-state index in [1.807, 2.05) is 0 Å². The van der Waals surface area contributed by atoms with Gasteiger partial charge in [-0.1, -0.05) is 11.6 Å². The van der Waals surface area contributed by atoms with Crippen LogP contribution in [-0.2, 0) is 0 Å². The van der Waals surface area contributed by atoms with Crippen LogP contribution in [0.3, 0.4) is 0 Å². The number of nitrogens with zero attached hydrogens (tertiary/aromatic N) is 4. The second kappa shape index (κ2) is 4.63. The van der Waals surface area contributed by atoms with Gasteiger partial charge in [0, 0.05) is 0 Å². The first-order chi connectivity index (χ1) is 7.75. The number of carbonyl (C=O) groups is 1. The highest BCUT2D eigenvalue weighted by Crippen LogP contribution is 2.06. The van der Waals surface area contributed by atoms with Gasteiger partial charge < -0.3 is 5.32 Å². The van der Waals surface area contributed by atoms with Crippen LogP contribution in [0.4, 0.5) is 5.69 Å². The summed E-state index contributed by atoms with van der Waals surface area (Å²) in [5.74, 6) is -0.412. The standard InChI is InChI=1S/C9H6ClN5O/c10-8-4-11-3-7(15-8)9(16)14-6-1-12-5-13-2-6/h1-5H,(H,14,16). The molecular weight excluding hydrogens is 230 g/mol. The first kappa shape index (κ1) is 10.4. The van der Waals surface area contributed by atoms with Gasteiger partial charge in [0.1, 0.15) is 17.2 Å². The lowest BCUT2D eigenvalue weighted by atomic mass is 10.4. The van der Waals surface area contributed by atoms with Crippen LogP contribution in [0.1, 0.15) is 10.5 Å². The largest absolute Gasteiger partial charge is 0.318 e. The molecule has 6 nitrogen and oxygen atoms in total. The van der Waals surface area contributed by atoms with Crippen molar-refractivity contribution in [1.29, 1.82) is 0 Å². The van der Waals surface area contributed by atoms with E-state index in [4.69, 9.17) is 11.6 Å². The molecule has 2 aromatic rings. The van der Waals surface area contributed by atoms with E-state index in [0.717, 1.165) is 0 Å². The van der Waals surface area contributed by atoms with E-state index in [9.17, 15) is 4.79 Å². The Morgan fingerprint density at radius 3 is 2.56 bits per heavy atom. The quantitative estimate of drug-likeness (QED) is 0.845. The molecule has 2 aromatic heterocycles. The maximum Gasteiger partial charge on any atom is 0.276 e. The third kappa shape index (κ3) is 2.48. The molecule has 16 heavy (non-hydrogen) atoms. The third-order valence-corrected chi connectivity index (χ3v) is 1.84. The minimum Gasteiger partial charge on any atom is -0.318 e. The molecule has 0 aliphatic carbocycles. The second-order valence-corrected chi connectivity index (χ2v) is 3.20. The summed E-state index contributed by atoms with van der Waals surface area (Å²) in [7, 11) is 0. The minimum atomic E-state index is -0.412. The SMILES string of the molecule is O=C(Nc1cncnc1)c1cncc(Cl)n1. The van der Waals surface area contributed by atoms with Crippen molar-refractivity contribution in [1.82, 2.24) is 19.9 Å². The van der Waals surface area contributed by atoms with E-state index in [2.05, 4.69) is 25.3 Å². The van der Waals surface area contributed by atoms with Crippen LogP contribution in [0.25, 0.3) is 0 Å². The van der Waals surface area contributed by atoms with Crippen molar-refractivity contribution in [2.24, 2.45) is 0 Å².